The van der Waals surface area contributed by atoms with Gasteiger partial charge in [0.15, 0.2) is 13.9 Å². The van der Waals surface area contributed by atoms with E-state index in [-0.39, 0.29) is 0 Å². The summed E-state index contributed by atoms with van der Waals surface area (Å²) in [6.45, 7) is 1.89. The Labute approximate surface area is 189 Å². The first-order valence-corrected chi connectivity index (χ1v) is 12.7. The molecule has 0 atom stereocenters. The number of nitrogens with zero attached hydrogens (tertiary/aromatic N) is 3. The summed E-state index contributed by atoms with van der Waals surface area (Å²) < 4.78 is 0. The van der Waals surface area contributed by atoms with Crippen LogP contribution in [-0.4, -0.2) is 23.0 Å². The van der Waals surface area contributed by atoms with Crippen LogP contribution < -0.4 is 20.7 Å². The molecule has 5 aromatic rings. The molecule has 0 spiro atoms. The molecule has 154 valence electrons. The second kappa shape index (κ2) is 8.69. The summed E-state index contributed by atoms with van der Waals surface area (Å²) >= 11 is 0. The molecule has 0 aliphatic carbocycles. The van der Waals surface area contributed by atoms with Crippen LogP contribution in [0.4, 0.5) is 0 Å². The molecule has 1 heterocycles. The highest BCUT2D eigenvalue weighted by atomic mass is 28.3. The molecule has 3 nitrogen and oxygen atoms in total. The van der Waals surface area contributed by atoms with E-state index in [1.165, 1.54) is 20.7 Å². The summed E-state index contributed by atoms with van der Waals surface area (Å²) in [5, 5.41) is 5.42. The van der Waals surface area contributed by atoms with Crippen molar-refractivity contribution in [3.8, 4) is 11.4 Å². The molecular weight excluding hydrogens is 406 g/mol. The van der Waals surface area contributed by atoms with Gasteiger partial charge in [0, 0.05) is 5.56 Å². The Morgan fingerprint density at radius 2 is 0.938 bits per heavy atom. The number of aromatic nitrogens is 3. The zero-order valence-electron chi connectivity index (χ0n) is 17.9. The van der Waals surface area contributed by atoms with Crippen molar-refractivity contribution >= 4 is 28.8 Å². The van der Waals surface area contributed by atoms with Gasteiger partial charge in [-0.1, -0.05) is 115 Å². The van der Waals surface area contributed by atoms with Gasteiger partial charge in [-0.15, -0.1) is 0 Å². The Kier molecular flexibility index (Phi) is 5.44. The van der Waals surface area contributed by atoms with E-state index in [0.29, 0.717) is 5.82 Å². The zero-order valence-corrected chi connectivity index (χ0v) is 18.9. The summed E-state index contributed by atoms with van der Waals surface area (Å²) in [7, 11) is -2.49. The van der Waals surface area contributed by atoms with Crippen LogP contribution in [0.15, 0.2) is 122 Å². The van der Waals surface area contributed by atoms with E-state index in [2.05, 4.69) is 130 Å². The maximum absolute atomic E-state index is 4.50. The first-order valence-electron chi connectivity index (χ1n) is 10.7. The molecule has 0 bridgehead atoms. The second-order valence-electron chi connectivity index (χ2n) is 7.78. The lowest BCUT2D eigenvalue weighted by Gasteiger charge is -2.34. The van der Waals surface area contributed by atoms with Gasteiger partial charge in [-0.2, -0.15) is 0 Å². The van der Waals surface area contributed by atoms with Gasteiger partial charge >= 0.3 is 0 Å². The van der Waals surface area contributed by atoms with Crippen LogP contribution >= 0.6 is 0 Å². The molecule has 4 heteroatoms. The molecule has 0 unspecified atom stereocenters. The molecule has 0 amide bonds. The highest BCUT2D eigenvalue weighted by Crippen LogP contribution is 2.15. The average Bonchev–Trinajstić information content (AvgIpc) is 2.87. The van der Waals surface area contributed by atoms with Crippen LogP contribution in [0.1, 0.15) is 5.82 Å². The van der Waals surface area contributed by atoms with Crippen molar-refractivity contribution in [1.29, 1.82) is 0 Å². The van der Waals surface area contributed by atoms with Crippen molar-refractivity contribution in [1.82, 2.24) is 15.0 Å². The Morgan fingerprint density at radius 1 is 0.500 bits per heavy atom. The van der Waals surface area contributed by atoms with E-state index < -0.39 is 8.07 Å². The Morgan fingerprint density at radius 3 is 1.38 bits per heavy atom. The molecule has 4 aromatic carbocycles. The molecule has 0 aliphatic heterocycles. The smallest absolute Gasteiger partial charge is 0.179 e. The summed E-state index contributed by atoms with van der Waals surface area (Å²) in [4.78, 5) is 13.0. The van der Waals surface area contributed by atoms with E-state index >= 15 is 0 Å². The van der Waals surface area contributed by atoms with Gasteiger partial charge in [0.05, 0.1) is 0 Å². The van der Waals surface area contributed by atoms with Crippen LogP contribution in [-0.2, 0) is 0 Å². The zero-order chi connectivity index (χ0) is 21.8. The van der Waals surface area contributed by atoms with Gasteiger partial charge in [-0.05, 0) is 27.7 Å². The highest BCUT2D eigenvalue weighted by Gasteiger charge is 2.41. The highest BCUT2D eigenvalue weighted by molar-refractivity contribution is 7.19. The second-order valence-corrected chi connectivity index (χ2v) is 11.6. The maximum atomic E-state index is 4.50. The summed E-state index contributed by atoms with van der Waals surface area (Å²) in [6.07, 6.45) is 1.57. The molecule has 0 fully saturated rings. The summed E-state index contributed by atoms with van der Waals surface area (Å²) in [5.74, 6) is 1.43. The molecular formula is C28H23N3Si. The fraction of sp³-hybridized carbons (Fsp3) is 0.0357. The van der Waals surface area contributed by atoms with Crippen LogP contribution in [0.3, 0.4) is 0 Å². The predicted octanol–water partition coefficient (Wildman–Crippen LogP) is 3.22. The van der Waals surface area contributed by atoms with Crippen molar-refractivity contribution < 1.29 is 0 Å². The lowest BCUT2D eigenvalue weighted by atomic mass is 10.2. The molecule has 0 N–H and O–H groups in total. The molecule has 0 saturated heterocycles. The van der Waals surface area contributed by atoms with E-state index in [1.54, 1.807) is 6.33 Å². The first-order chi connectivity index (χ1) is 15.8. The van der Waals surface area contributed by atoms with E-state index in [4.69, 9.17) is 0 Å². The standard InChI is InChI=1S/C28H23N3Si/c1-22-29-21-30-28(31-22)23-17-19-27(20-18-23)32(24-11-5-2-6-12-24,25-13-7-3-8-14-25)26-15-9-4-10-16-26/h2-21H,1H3. The number of rotatable bonds is 5. The molecule has 0 aliphatic rings. The predicted molar refractivity (Wildman–Crippen MR) is 134 cm³/mol. The Hall–Kier alpha value is -3.89. The van der Waals surface area contributed by atoms with E-state index in [1.807, 2.05) is 6.92 Å². The van der Waals surface area contributed by atoms with Crippen molar-refractivity contribution in [2.75, 3.05) is 0 Å². The van der Waals surface area contributed by atoms with Crippen LogP contribution in [0.25, 0.3) is 11.4 Å². The van der Waals surface area contributed by atoms with Gasteiger partial charge in [0.1, 0.15) is 12.2 Å². The minimum atomic E-state index is -2.49. The first kappa shape index (κ1) is 20.0. The molecule has 32 heavy (non-hydrogen) atoms. The number of hydrogen-bond donors (Lipinski definition) is 0. The van der Waals surface area contributed by atoms with Crippen LogP contribution in [0, 0.1) is 6.92 Å². The molecule has 1 aromatic heterocycles. The number of hydrogen-bond acceptors (Lipinski definition) is 3. The molecule has 5 rings (SSSR count). The van der Waals surface area contributed by atoms with Gasteiger partial charge in [0.25, 0.3) is 0 Å². The lowest BCUT2D eigenvalue weighted by molar-refractivity contribution is 0.983. The van der Waals surface area contributed by atoms with E-state index in [9.17, 15) is 0 Å². The third kappa shape index (κ3) is 3.55. The molecule has 0 radical (unpaired) electrons. The van der Waals surface area contributed by atoms with Crippen LogP contribution in [0.5, 0.6) is 0 Å². The third-order valence-electron chi connectivity index (χ3n) is 5.89. The van der Waals surface area contributed by atoms with Crippen LogP contribution in [0.2, 0.25) is 0 Å². The largest absolute Gasteiger partial charge is 0.222 e. The van der Waals surface area contributed by atoms with Gasteiger partial charge < -0.3 is 0 Å². The topological polar surface area (TPSA) is 38.7 Å². The normalized spacial score (nSPS) is 11.3. The van der Waals surface area contributed by atoms with Crippen molar-refractivity contribution in [3.05, 3.63) is 127 Å². The van der Waals surface area contributed by atoms with Gasteiger partial charge in [-0.25, -0.2) is 15.0 Å². The van der Waals surface area contributed by atoms with Crippen molar-refractivity contribution in [2.24, 2.45) is 0 Å². The minimum absolute atomic E-state index is 0.704. The minimum Gasteiger partial charge on any atom is -0.222 e. The van der Waals surface area contributed by atoms with Crippen molar-refractivity contribution in [3.63, 3.8) is 0 Å². The Balaban J connectivity index is 1.77. The SMILES string of the molecule is Cc1ncnc(-c2ccc([Si](c3ccccc3)(c3ccccc3)c3ccccc3)cc2)n1. The lowest BCUT2D eigenvalue weighted by Crippen LogP contribution is -2.74. The van der Waals surface area contributed by atoms with Gasteiger partial charge in [0.2, 0.25) is 0 Å². The molecule has 0 saturated carbocycles. The maximum Gasteiger partial charge on any atom is 0.179 e. The van der Waals surface area contributed by atoms with Crippen molar-refractivity contribution in [2.45, 2.75) is 6.92 Å². The average molecular weight is 430 g/mol. The quantitative estimate of drug-likeness (QED) is 0.318. The third-order valence-corrected chi connectivity index (χ3v) is 10.7. The van der Waals surface area contributed by atoms with E-state index in [0.717, 1.165) is 11.4 Å². The summed E-state index contributed by atoms with van der Waals surface area (Å²) in [5.41, 5.74) is 0.997. The Bertz CT molecular complexity index is 1210. The fourth-order valence-corrected chi connectivity index (χ4v) is 9.19. The number of benzene rings is 4. The summed E-state index contributed by atoms with van der Waals surface area (Å²) in [6, 6.07) is 41.6. The monoisotopic (exact) mass is 429 g/mol. The van der Waals surface area contributed by atoms with Gasteiger partial charge in [-0.3, -0.25) is 0 Å². The number of aryl methyl sites for hydroxylation is 1. The fourth-order valence-electron chi connectivity index (χ4n) is 4.45.